The molecular formula is C10H20N2O. The minimum absolute atomic E-state index is 0.119. The highest BCUT2D eigenvalue weighted by Crippen LogP contribution is 2.26. The number of nitrogens with zero attached hydrogens (tertiary/aromatic N) is 1. The number of hydrogen-bond donors (Lipinski definition) is 2. The summed E-state index contributed by atoms with van der Waals surface area (Å²) in [7, 11) is 0. The maximum atomic E-state index is 9.52. The first-order valence-electron chi connectivity index (χ1n) is 5.40. The van der Waals surface area contributed by atoms with Crippen molar-refractivity contribution in [2.45, 2.75) is 19.4 Å². The van der Waals surface area contributed by atoms with Crippen LogP contribution in [0.2, 0.25) is 0 Å². The van der Waals surface area contributed by atoms with Crippen LogP contribution in [0.5, 0.6) is 0 Å². The van der Waals surface area contributed by atoms with Crippen LogP contribution in [0.25, 0.3) is 0 Å². The summed E-state index contributed by atoms with van der Waals surface area (Å²) in [6, 6.07) is 0. The van der Waals surface area contributed by atoms with Crippen molar-refractivity contribution in [3.8, 4) is 0 Å². The van der Waals surface area contributed by atoms with E-state index in [4.69, 9.17) is 0 Å². The lowest BCUT2D eigenvalue weighted by molar-refractivity contribution is 0.118. The van der Waals surface area contributed by atoms with E-state index < -0.39 is 0 Å². The molecule has 2 rings (SSSR count). The van der Waals surface area contributed by atoms with Crippen molar-refractivity contribution in [1.29, 1.82) is 0 Å². The fourth-order valence-electron chi connectivity index (χ4n) is 2.53. The summed E-state index contributed by atoms with van der Waals surface area (Å²) in [6.45, 7) is 7.67. The van der Waals surface area contributed by atoms with E-state index in [1.54, 1.807) is 0 Å². The summed E-state index contributed by atoms with van der Waals surface area (Å²) >= 11 is 0. The van der Waals surface area contributed by atoms with Gasteiger partial charge in [-0.15, -0.1) is 0 Å². The van der Waals surface area contributed by atoms with E-state index in [0.717, 1.165) is 24.8 Å². The lowest BCUT2D eigenvalue weighted by Gasteiger charge is -2.19. The normalized spacial score (nSPS) is 36.5. The first-order valence-corrected chi connectivity index (χ1v) is 5.40. The summed E-state index contributed by atoms with van der Waals surface area (Å²) in [6.07, 6.45) is 0.760. The minimum Gasteiger partial charge on any atom is -0.392 e. The van der Waals surface area contributed by atoms with Gasteiger partial charge >= 0.3 is 0 Å². The number of nitrogens with one attached hydrogen (secondary N) is 1. The van der Waals surface area contributed by atoms with E-state index in [-0.39, 0.29) is 6.10 Å². The molecule has 2 aliphatic rings. The van der Waals surface area contributed by atoms with E-state index in [0.29, 0.717) is 0 Å². The molecule has 3 nitrogen and oxygen atoms in total. The third-order valence-corrected chi connectivity index (χ3v) is 3.41. The van der Waals surface area contributed by atoms with Gasteiger partial charge in [-0.2, -0.15) is 0 Å². The first-order chi connectivity index (χ1) is 6.29. The number of hydrogen-bond acceptors (Lipinski definition) is 3. The average Bonchev–Trinajstić information content (AvgIpc) is 2.63. The van der Waals surface area contributed by atoms with Crippen molar-refractivity contribution in [2.24, 2.45) is 11.8 Å². The fraction of sp³-hybridized carbons (Fsp3) is 1.00. The van der Waals surface area contributed by atoms with Crippen molar-refractivity contribution in [3.05, 3.63) is 0 Å². The molecule has 0 aromatic rings. The van der Waals surface area contributed by atoms with Gasteiger partial charge in [-0.25, -0.2) is 0 Å². The zero-order valence-electron chi connectivity index (χ0n) is 8.37. The van der Waals surface area contributed by atoms with Gasteiger partial charge in [0.25, 0.3) is 0 Å². The maximum absolute atomic E-state index is 9.52. The second-order valence-electron chi connectivity index (χ2n) is 4.46. The van der Waals surface area contributed by atoms with Crippen molar-refractivity contribution in [3.63, 3.8) is 0 Å². The van der Waals surface area contributed by atoms with E-state index in [2.05, 4.69) is 10.2 Å². The van der Waals surface area contributed by atoms with E-state index in [1.807, 2.05) is 6.92 Å². The molecule has 0 spiro atoms. The third-order valence-electron chi connectivity index (χ3n) is 3.41. The number of aliphatic hydroxyl groups is 1. The Labute approximate surface area is 80.1 Å². The van der Waals surface area contributed by atoms with Gasteiger partial charge in [-0.1, -0.05) is 6.92 Å². The quantitative estimate of drug-likeness (QED) is 0.643. The van der Waals surface area contributed by atoms with Crippen molar-refractivity contribution >= 4 is 0 Å². The predicted octanol–water partition coefficient (Wildman–Crippen LogP) is -0.0915. The SMILES string of the molecule is CCC(O)CN1C[C@H]2CNC[C@H]2C1. The second-order valence-corrected chi connectivity index (χ2v) is 4.46. The summed E-state index contributed by atoms with van der Waals surface area (Å²) in [5.41, 5.74) is 0. The molecule has 2 saturated heterocycles. The largest absolute Gasteiger partial charge is 0.392 e. The number of rotatable bonds is 3. The van der Waals surface area contributed by atoms with Crippen molar-refractivity contribution in [1.82, 2.24) is 10.2 Å². The first kappa shape index (κ1) is 9.44. The molecular weight excluding hydrogens is 164 g/mol. The predicted molar refractivity (Wildman–Crippen MR) is 52.6 cm³/mol. The average molecular weight is 184 g/mol. The highest BCUT2D eigenvalue weighted by molar-refractivity contribution is 4.91. The summed E-state index contributed by atoms with van der Waals surface area (Å²) in [4.78, 5) is 2.42. The molecule has 0 aromatic heterocycles. The number of likely N-dealkylation sites (tertiary alicyclic amines) is 1. The fourth-order valence-corrected chi connectivity index (χ4v) is 2.53. The third kappa shape index (κ3) is 2.03. The summed E-state index contributed by atoms with van der Waals surface area (Å²) in [5, 5.41) is 12.9. The molecule has 3 heteroatoms. The molecule has 2 heterocycles. The van der Waals surface area contributed by atoms with Crippen molar-refractivity contribution < 1.29 is 5.11 Å². The Bertz CT molecular complexity index is 160. The number of β-amino-alcohol motifs (C(OH)–C–C–N with tert-alkyl or cyclic N) is 1. The second kappa shape index (κ2) is 3.95. The molecule has 0 radical (unpaired) electrons. The number of aliphatic hydroxyl groups excluding tert-OH is 1. The molecule has 0 aliphatic carbocycles. The van der Waals surface area contributed by atoms with Crippen LogP contribution in [0.4, 0.5) is 0 Å². The zero-order valence-corrected chi connectivity index (χ0v) is 8.37. The van der Waals surface area contributed by atoms with Crippen LogP contribution in [-0.2, 0) is 0 Å². The molecule has 2 fully saturated rings. The van der Waals surface area contributed by atoms with Gasteiger partial charge in [0.15, 0.2) is 0 Å². The van der Waals surface area contributed by atoms with Crippen LogP contribution in [0.1, 0.15) is 13.3 Å². The summed E-state index contributed by atoms with van der Waals surface area (Å²) < 4.78 is 0. The molecule has 76 valence electrons. The van der Waals surface area contributed by atoms with Crippen molar-refractivity contribution in [2.75, 3.05) is 32.7 Å². The highest BCUT2D eigenvalue weighted by atomic mass is 16.3. The van der Waals surface area contributed by atoms with Crippen LogP contribution in [-0.4, -0.2) is 48.8 Å². The number of fused-ring (bicyclic) bond motifs is 1. The smallest absolute Gasteiger partial charge is 0.0664 e. The highest BCUT2D eigenvalue weighted by Gasteiger charge is 2.36. The molecule has 0 bridgehead atoms. The molecule has 1 unspecified atom stereocenters. The van der Waals surface area contributed by atoms with Gasteiger partial charge in [0.05, 0.1) is 6.10 Å². The molecule has 2 aliphatic heterocycles. The molecule has 0 aromatic carbocycles. The van der Waals surface area contributed by atoms with Crippen LogP contribution in [0.15, 0.2) is 0 Å². The van der Waals surface area contributed by atoms with E-state index >= 15 is 0 Å². The molecule has 13 heavy (non-hydrogen) atoms. The molecule has 0 saturated carbocycles. The Balaban J connectivity index is 1.78. The Hall–Kier alpha value is -0.120. The lowest BCUT2D eigenvalue weighted by Crippen LogP contribution is -2.32. The maximum Gasteiger partial charge on any atom is 0.0664 e. The Kier molecular flexibility index (Phi) is 2.86. The van der Waals surface area contributed by atoms with E-state index in [9.17, 15) is 5.11 Å². The zero-order chi connectivity index (χ0) is 9.26. The van der Waals surface area contributed by atoms with Gasteiger partial charge in [0.2, 0.25) is 0 Å². The van der Waals surface area contributed by atoms with E-state index in [1.165, 1.54) is 26.2 Å². The Morgan fingerprint density at radius 3 is 2.54 bits per heavy atom. The molecule has 0 amide bonds. The van der Waals surface area contributed by atoms with Crippen LogP contribution < -0.4 is 5.32 Å². The standard InChI is InChI=1S/C10H20N2O/c1-2-10(13)7-12-5-8-3-11-4-9(8)6-12/h8-11,13H,2-7H2,1H3/t8-,9+,10?. The van der Waals surface area contributed by atoms with Gasteiger partial charge < -0.3 is 15.3 Å². The van der Waals surface area contributed by atoms with Gasteiger partial charge in [-0.05, 0) is 31.3 Å². The topological polar surface area (TPSA) is 35.5 Å². The summed E-state index contributed by atoms with van der Waals surface area (Å²) in [5.74, 6) is 1.70. The Morgan fingerprint density at radius 1 is 1.38 bits per heavy atom. The van der Waals surface area contributed by atoms with Gasteiger partial charge in [0, 0.05) is 19.6 Å². The monoisotopic (exact) mass is 184 g/mol. The van der Waals surface area contributed by atoms with Crippen LogP contribution in [0, 0.1) is 11.8 Å². The van der Waals surface area contributed by atoms with Gasteiger partial charge in [0.1, 0.15) is 0 Å². The van der Waals surface area contributed by atoms with Crippen LogP contribution in [0.3, 0.4) is 0 Å². The lowest BCUT2D eigenvalue weighted by atomic mass is 10.0. The van der Waals surface area contributed by atoms with Gasteiger partial charge in [-0.3, -0.25) is 0 Å². The minimum atomic E-state index is -0.119. The van der Waals surface area contributed by atoms with Crippen LogP contribution >= 0.6 is 0 Å². The Morgan fingerprint density at radius 2 is 2.00 bits per heavy atom. The molecule has 2 N–H and O–H groups in total. The molecule has 3 atom stereocenters.